The van der Waals surface area contributed by atoms with Crippen LogP contribution in [-0.2, 0) is 19.1 Å². The summed E-state index contributed by atoms with van der Waals surface area (Å²) < 4.78 is 11.5. The van der Waals surface area contributed by atoms with Crippen LogP contribution in [0.15, 0.2) is 65.7 Å². The molecule has 0 saturated heterocycles. The number of carbonyl (C=O) groups is 3. The third kappa shape index (κ3) is 8.41. The van der Waals surface area contributed by atoms with Crippen LogP contribution in [0, 0.1) is 0 Å². The maximum absolute atomic E-state index is 13.3. The molecular weight excluding hydrogens is 628 g/mol. The summed E-state index contributed by atoms with van der Waals surface area (Å²) in [6.07, 6.45) is 5.91. The molecule has 5 rings (SSSR count). The quantitative estimate of drug-likeness (QED) is 0.161. The van der Waals surface area contributed by atoms with Crippen LogP contribution < -0.4 is 21.5 Å². The molecular formula is C32H33ClN8O6. The van der Waals surface area contributed by atoms with Gasteiger partial charge in [-0.1, -0.05) is 30.5 Å². The molecule has 2 amide bonds. The zero-order valence-electron chi connectivity index (χ0n) is 25.7. The van der Waals surface area contributed by atoms with Crippen LogP contribution in [0.3, 0.4) is 0 Å². The Hall–Kier alpha value is -5.50. The summed E-state index contributed by atoms with van der Waals surface area (Å²) in [6.45, 7) is 1.94. The van der Waals surface area contributed by atoms with Crippen molar-refractivity contribution in [3.8, 4) is 16.8 Å². The fourth-order valence-corrected chi connectivity index (χ4v) is 5.46. The van der Waals surface area contributed by atoms with E-state index >= 15 is 0 Å². The van der Waals surface area contributed by atoms with Gasteiger partial charge in [0.25, 0.3) is 0 Å². The highest BCUT2D eigenvalue weighted by Crippen LogP contribution is 2.34. The molecule has 0 spiro atoms. The van der Waals surface area contributed by atoms with Gasteiger partial charge in [0, 0.05) is 45.4 Å². The molecule has 0 radical (unpaired) electrons. The molecule has 2 atom stereocenters. The Kier molecular flexibility index (Phi) is 10.6. The molecule has 244 valence electrons. The van der Waals surface area contributed by atoms with E-state index < -0.39 is 30.1 Å². The molecule has 47 heavy (non-hydrogen) atoms. The van der Waals surface area contributed by atoms with Gasteiger partial charge >= 0.3 is 12.1 Å². The lowest BCUT2D eigenvalue weighted by molar-refractivity contribution is -0.144. The number of tetrazole rings is 1. The van der Waals surface area contributed by atoms with E-state index in [1.807, 2.05) is 0 Å². The van der Waals surface area contributed by atoms with Crippen molar-refractivity contribution in [2.24, 2.45) is 0 Å². The summed E-state index contributed by atoms with van der Waals surface area (Å²) in [5.41, 5.74) is 3.43. The fourth-order valence-electron chi connectivity index (χ4n) is 5.28. The van der Waals surface area contributed by atoms with E-state index in [9.17, 15) is 19.2 Å². The van der Waals surface area contributed by atoms with E-state index in [-0.39, 0.29) is 12.2 Å². The van der Waals surface area contributed by atoms with Crippen LogP contribution >= 0.6 is 11.6 Å². The number of esters is 1. The number of benzene rings is 2. The minimum Gasteiger partial charge on any atom is -0.464 e. The molecule has 3 heterocycles. The molecule has 0 fully saturated rings. The Labute approximate surface area is 274 Å². The maximum atomic E-state index is 13.3. The van der Waals surface area contributed by atoms with Crippen LogP contribution in [0.2, 0.25) is 5.02 Å². The van der Waals surface area contributed by atoms with Gasteiger partial charge in [0.1, 0.15) is 12.4 Å². The van der Waals surface area contributed by atoms with Gasteiger partial charge in [-0.3, -0.25) is 14.9 Å². The Bertz CT molecular complexity index is 1840. The first kappa shape index (κ1) is 32.9. The molecule has 0 aliphatic carbocycles. The number of aromatic amines is 1. The number of amides is 2. The first-order valence-corrected chi connectivity index (χ1v) is 15.3. The molecule has 4 N–H and O–H groups in total. The molecule has 2 aromatic heterocycles. The second-order valence-electron chi connectivity index (χ2n) is 10.7. The van der Waals surface area contributed by atoms with E-state index in [4.69, 9.17) is 21.1 Å². The molecule has 15 heteroatoms. The Morgan fingerprint density at radius 2 is 1.94 bits per heavy atom. The van der Waals surface area contributed by atoms with Gasteiger partial charge in [0.2, 0.25) is 11.5 Å². The molecule has 2 bridgehead atoms. The SMILES string of the molecule is CCOC(=O)[C@H]1CCCC[C@H](NC(=O)/C=C/c2cc(Cl)ccc2-n2cnnn2)c2cc(cc(=O)[nH]2)-c2ccc(NC(=O)OC)cc2N1. The van der Waals surface area contributed by atoms with Crippen molar-refractivity contribution in [2.75, 3.05) is 24.4 Å². The Morgan fingerprint density at radius 3 is 2.70 bits per heavy atom. The van der Waals surface area contributed by atoms with Crippen molar-refractivity contribution >= 4 is 47.0 Å². The maximum Gasteiger partial charge on any atom is 0.411 e. The van der Waals surface area contributed by atoms with E-state index in [1.54, 1.807) is 55.5 Å². The summed E-state index contributed by atoms with van der Waals surface area (Å²) >= 11 is 6.22. The summed E-state index contributed by atoms with van der Waals surface area (Å²) in [7, 11) is 1.26. The Morgan fingerprint density at radius 1 is 1.11 bits per heavy atom. The summed E-state index contributed by atoms with van der Waals surface area (Å²) in [4.78, 5) is 54.0. The van der Waals surface area contributed by atoms with Crippen molar-refractivity contribution < 1.29 is 23.9 Å². The molecule has 14 nitrogen and oxygen atoms in total. The summed E-state index contributed by atoms with van der Waals surface area (Å²) in [5.74, 6) is -0.827. The zero-order chi connectivity index (χ0) is 33.3. The van der Waals surface area contributed by atoms with E-state index in [2.05, 4.69) is 36.5 Å². The number of rotatable bonds is 7. The number of fused-ring (bicyclic) bond motifs is 4. The lowest BCUT2D eigenvalue weighted by Crippen LogP contribution is -2.32. The van der Waals surface area contributed by atoms with Crippen LogP contribution in [0.25, 0.3) is 22.9 Å². The van der Waals surface area contributed by atoms with Crippen LogP contribution in [0.4, 0.5) is 16.2 Å². The molecule has 1 aliphatic heterocycles. The van der Waals surface area contributed by atoms with Gasteiger partial charge in [-0.15, -0.1) is 5.10 Å². The third-order valence-corrected chi connectivity index (χ3v) is 7.69. The predicted octanol–water partition coefficient (Wildman–Crippen LogP) is 4.64. The number of ether oxygens (including phenoxy) is 2. The van der Waals surface area contributed by atoms with Gasteiger partial charge in [0.15, 0.2) is 0 Å². The molecule has 0 unspecified atom stereocenters. The number of hydrogen-bond donors (Lipinski definition) is 4. The summed E-state index contributed by atoms with van der Waals surface area (Å²) in [6, 6.07) is 12.1. The monoisotopic (exact) mass is 660 g/mol. The topological polar surface area (TPSA) is 182 Å². The van der Waals surface area contributed by atoms with Crippen molar-refractivity contribution in [3.63, 3.8) is 0 Å². The number of carbonyl (C=O) groups excluding carboxylic acids is 3. The van der Waals surface area contributed by atoms with E-state index in [0.29, 0.717) is 70.2 Å². The van der Waals surface area contributed by atoms with E-state index in [0.717, 1.165) is 0 Å². The van der Waals surface area contributed by atoms with Crippen LogP contribution in [0.1, 0.15) is 49.9 Å². The highest BCUT2D eigenvalue weighted by molar-refractivity contribution is 6.30. The number of nitrogens with one attached hydrogen (secondary N) is 4. The van der Waals surface area contributed by atoms with Crippen molar-refractivity contribution in [3.05, 3.63) is 87.6 Å². The molecule has 1 aliphatic rings. The number of pyridine rings is 1. The average molecular weight is 661 g/mol. The molecule has 0 saturated carbocycles. The van der Waals surface area contributed by atoms with Gasteiger partial charge < -0.3 is 25.1 Å². The van der Waals surface area contributed by atoms with Crippen LogP contribution in [-0.4, -0.2) is 62.9 Å². The highest BCUT2D eigenvalue weighted by Gasteiger charge is 2.24. The second-order valence-corrected chi connectivity index (χ2v) is 11.1. The van der Waals surface area contributed by atoms with Gasteiger partial charge in [-0.2, -0.15) is 4.68 Å². The number of methoxy groups -OCH3 is 1. The van der Waals surface area contributed by atoms with E-state index in [1.165, 1.54) is 30.3 Å². The minimum absolute atomic E-state index is 0.208. The highest BCUT2D eigenvalue weighted by atomic mass is 35.5. The second kappa shape index (κ2) is 15.2. The third-order valence-electron chi connectivity index (χ3n) is 7.46. The number of halogens is 1. The van der Waals surface area contributed by atoms with Crippen molar-refractivity contribution in [2.45, 2.75) is 44.7 Å². The fraction of sp³-hybridized carbons (Fsp3) is 0.281. The number of H-pyrrole nitrogens is 1. The lowest BCUT2D eigenvalue weighted by Gasteiger charge is -2.24. The van der Waals surface area contributed by atoms with Crippen molar-refractivity contribution in [1.29, 1.82) is 0 Å². The largest absolute Gasteiger partial charge is 0.464 e. The minimum atomic E-state index is -0.703. The molecule has 2 aromatic carbocycles. The summed E-state index contributed by atoms with van der Waals surface area (Å²) in [5, 5.41) is 20.6. The normalized spacial score (nSPS) is 16.1. The van der Waals surface area contributed by atoms with Gasteiger partial charge in [-0.05, 0) is 78.2 Å². The number of aromatic nitrogens is 5. The van der Waals surface area contributed by atoms with Gasteiger partial charge in [0.05, 0.1) is 25.4 Å². The lowest BCUT2D eigenvalue weighted by atomic mass is 9.96. The smallest absolute Gasteiger partial charge is 0.411 e. The average Bonchev–Trinajstić information content (AvgIpc) is 3.59. The predicted molar refractivity (Wildman–Crippen MR) is 175 cm³/mol. The first-order chi connectivity index (χ1) is 22.7. The molecule has 4 aromatic rings. The first-order valence-electron chi connectivity index (χ1n) is 14.9. The Balaban J connectivity index is 1.48. The van der Waals surface area contributed by atoms with Crippen LogP contribution in [0.5, 0.6) is 0 Å². The number of hydrogen-bond acceptors (Lipinski definition) is 10. The standard InChI is InChI=1S/C32H33ClN8O6/c1-3-47-31(44)25-7-5-4-6-24(37-29(42)13-8-19-14-21(33)9-12-28(19)41-18-34-39-40-41)27-15-20(16-30(43)38-27)23-11-10-22(17-26(23)36-25)35-32(45)46-2/h8-18,24-25,36H,3-7H2,1-2H3,(H,35,45)(H,37,42)(H,38,43)/b13-8+/t24-,25+/m0/s1. The van der Waals surface area contributed by atoms with Crippen molar-refractivity contribution in [1.82, 2.24) is 30.5 Å². The number of nitrogens with zero attached hydrogens (tertiary/aromatic N) is 4. The number of anilines is 2. The van der Waals surface area contributed by atoms with Gasteiger partial charge in [-0.25, -0.2) is 9.59 Å². The zero-order valence-corrected chi connectivity index (χ0v) is 26.4.